The first-order valence-corrected chi connectivity index (χ1v) is 7.96. The van der Waals surface area contributed by atoms with E-state index in [9.17, 15) is 5.26 Å². The zero-order valence-corrected chi connectivity index (χ0v) is 13.7. The summed E-state index contributed by atoms with van der Waals surface area (Å²) in [5.41, 5.74) is 3.03. The van der Waals surface area contributed by atoms with Crippen LogP contribution in [0.2, 0.25) is 0 Å². The Morgan fingerprint density at radius 1 is 1.43 bits per heavy atom. The molecule has 2 atom stereocenters. The van der Waals surface area contributed by atoms with Crippen LogP contribution in [0.25, 0.3) is 0 Å². The van der Waals surface area contributed by atoms with Gasteiger partial charge in [-0.2, -0.15) is 5.26 Å². The molecule has 3 nitrogen and oxygen atoms in total. The number of hydrogen-bond donors (Lipinski definition) is 1. The van der Waals surface area contributed by atoms with Gasteiger partial charge in [0.2, 0.25) is 0 Å². The van der Waals surface area contributed by atoms with Gasteiger partial charge in [-0.15, -0.1) is 0 Å². The van der Waals surface area contributed by atoms with E-state index in [2.05, 4.69) is 56.2 Å². The monoisotopic (exact) mass is 285 g/mol. The van der Waals surface area contributed by atoms with Crippen LogP contribution in [0.1, 0.15) is 38.3 Å². The molecule has 0 spiro atoms. The third-order valence-corrected chi connectivity index (χ3v) is 4.26. The number of anilines is 1. The minimum Gasteiger partial charge on any atom is -0.373 e. The number of hydrogen-bond acceptors (Lipinski definition) is 3. The maximum Gasteiger partial charge on any atom is 0.101 e. The number of benzene rings is 1. The summed E-state index contributed by atoms with van der Waals surface area (Å²) in [6.07, 6.45) is 1.32. The maximum atomic E-state index is 9.41. The van der Waals surface area contributed by atoms with Gasteiger partial charge in [-0.3, -0.25) is 0 Å². The van der Waals surface area contributed by atoms with Crippen molar-refractivity contribution < 1.29 is 0 Å². The van der Waals surface area contributed by atoms with Crippen molar-refractivity contribution in [3.8, 4) is 6.07 Å². The van der Waals surface area contributed by atoms with Crippen LogP contribution >= 0.6 is 0 Å². The first-order valence-electron chi connectivity index (χ1n) is 7.96. The highest BCUT2D eigenvalue weighted by Gasteiger charge is 2.33. The molecule has 1 N–H and O–H groups in total. The molecule has 0 radical (unpaired) electrons. The molecular formula is C18H27N3. The minimum absolute atomic E-state index is 0.645. The fraction of sp³-hybridized carbons (Fsp3) is 0.611. The van der Waals surface area contributed by atoms with Crippen LogP contribution in [-0.4, -0.2) is 20.1 Å². The summed E-state index contributed by atoms with van der Waals surface area (Å²) in [7, 11) is 2.10. The van der Waals surface area contributed by atoms with Gasteiger partial charge in [-0.05, 0) is 48.4 Å². The lowest BCUT2D eigenvalue weighted by atomic mass is 10.1. The number of nitriles is 1. The van der Waals surface area contributed by atoms with Crippen molar-refractivity contribution in [2.24, 2.45) is 17.8 Å². The summed E-state index contributed by atoms with van der Waals surface area (Å²) in [5, 5.41) is 12.8. The quantitative estimate of drug-likeness (QED) is 0.834. The van der Waals surface area contributed by atoms with E-state index in [4.69, 9.17) is 0 Å². The molecule has 1 aromatic carbocycles. The lowest BCUT2D eigenvalue weighted by Crippen LogP contribution is -2.22. The SMILES string of the molecule is CC(C)CNCc1ccc(N(C)CC2CC2C)c(C#N)c1. The fourth-order valence-electron chi connectivity index (χ4n) is 2.72. The van der Waals surface area contributed by atoms with Crippen molar-refractivity contribution in [3.05, 3.63) is 29.3 Å². The predicted octanol–water partition coefficient (Wildman–Crippen LogP) is 3.40. The molecule has 0 heterocycles. The number of nitrogens with zero attached hydrogens (tertiary/aromatic N) is 2. The van der Waals surface area contributed by atoms with Crippen molar-refractivity contribution in [2.45, 2.75) is 33.7 Å². The average Bonchev–Trinajstić information content (AvgIpc) is 3.13. The van der Waals surface area contributed by atoms with Gasteiger partial charge < -0.3 is 10.2 Å². The van der Waals surface area contributed by atoms with Crippen LogP contribution in [0, 0.1) is 29.1 Å². The average molecular weight is 285 g/mol. The van der Waals surface area contributed by atoms with Gasteiger partial charge in [0.25, 0.3) is 0 Å². The minimum atomic E-state index is 0.645. The molecule has 114 valence electrons. The normalized spacial score (nSPS) is 20.4. The van der Waals surface area contributed by atoms with E-state index < -0.39 is 0 Å². The lowest BCUT2D eigenvalue weighted by molar-refractivity contribution is 0.552. The Hall–Kier alpha value is -1.53. The maximum absolute atomic E-state index is 9.41. The fourth-order valence-corrected chi connectivity index (χ4v) is 2.72. The van der Waals surface area contributed by atoms with Gasteiger partial charge in [-0.1, -0.05) is 26.8 Å². The molecule has 0 amide bonds. The summed E-state index contributed by atoms with van der Waals surface area (Å²) < 4.78 is 0. The molecule has 21 heavy (non-hydrogen) atoms. The van der Waals surface area contributed by atoms with Crippen LogP contribution in [0.3, 0.4) is 0 Å². The Balaban J connectivity index is 2.00. The Morgan fingerprint density at radius 3 is 2.71 bits per heavy atom. The summed E-state index contributed by atoms with van der Waals surface area (Å²) >= 11 is 0. The van der Waals surface area contributed by atoms with Crippen molar-refractivity contribution in [2.75, 3.05) is 25.0 Å². The largest absolute Gasteiger partial charge is 0.373 e. The van der Waals surface area contributed by atoms with E-state index in [0.717, 1.165) is 42.7 Å². The predicted molar refractivity (Wildman–Crippen MR) is 88.2 cm³/mol. The molecule has 1 saturated carbocycles. The van der Waals surface area contributed by atoms with Crippen LogP contribution in [0.4, 0.5) is 5.69 Å². The van der Waals surface area contributed by atoms with Crippen LogP contribution in [-0.2, 0) is 6.54 Å². The third-order valence-electron chi connectivity index (χ3n) is 4.26. The molecule has 1 fully saturated rings. The second kappa shape index (κ2) is 6.95. The van der Waals surface area contributed by atoms with Crippen LogP contribution < -0.4 is 10.2 Å². The third kappa shape index (κ3) is 4.47. The van der Waals surface area contributed by atoms with Crippen molar-refractivity contribution >= 4 is 5.69 Å². The smallest absolute Gasteiger partial charge is 0.101 e. The molecular weight excluding hydrogens is 258 g/mol. The Bertz CT molecular complexity index is 516. The summed E-state index contributed by atoms with van der Waals surface area (Å²) in [5.74, 6) is 2.29. The Labute approximate surface area is 129 Å². The van der Waals surface area contributed by atoms with Gasteiger partial charge >= 0.3 is 0 Å². The van der Waals surface area contributed by atoms with Crippen molar-refractivity contribution in [1.29, 1.82) is 5.26 Å². The molecule has 2 rings (SSSR count). The molecule has 1 aliphatic carbocycles. The van der Waals surface area contributed by atoms with Crippen LogP contribution in [0.5, 0.6) is 0 Å². The topological polar surface area (TPSA) is 39.1 Å². The zero-order valence-electron chi connectivity index (χ0n) is 13.7. The van der Waals surface area contributed by atoms with E-state index >= 15 is 0 Å². The van der Waals surface area contributed by atoms with Gasteiger partial charge in [0.15, 0.2) is 0 Å². The highest BCUT2D eigenvalue weighted by Crippen LogP contribution is 2.39. The first kappa shape index (κ1) is 15.9. The summed E-state index contributed by atoms with van der Waals surface area (Å²) in [4.78, 5) is 2.23. The summed E-state index contributed by atoms with van der Waals surface area (Å²) in [6, 6.07) is 8.61. The highest BCUT2D eigenvalue weighted by atomic mass is 15.1. The van der Waals surface area contributed by atoms with Crippen LogP contribution in [0.15, 0.2) is 18.2 Å². The number of rotatable bonds is 7. The van der Waals surface area contributed by atoms with Crippen molar-refractivity contribution in [1.82, 2.24) is 5.32 Å². The second-order valence-corrected chi connectivity index (χ2v) is 6.84. The van der Waals surface area contributed by atoms with Gasteiger partial charge in [0, 0.05) is 20.1 Å². The highest BCUT2D eigenvalue weighted by molar-refractivity contribution is 5.60. The van der Waals surface area contributed by atoms with E-state index in [1.165, 1.54) is 12.0 Å². The molecule has 2 unspecified atom stereocenters. The second-order valence-electron chi connectivity index (χ2n) is 6.84. The molecule has 3 heteroatoms. The molecule has 0 aliphatic heterocycles. The molecule has 0 saturated heterocycles. The van der Waals surface area contributed by atoms with E-state index in [0.29, 0.717) is 5.92 Å². The van der Waals surface area contributed by atoms with Crippen molar-refractivity contribution in [3.63, 3.8) is 0 Å². The molecule has 0 aromatic heterocycles. The lowest BCUT2D eigenvalue weighted by Gasteiger charge is -2.21. The molecule has 0 bridgehead atoms. The number of nitrogens with one attached hydrogen (secondary N) is 1. The Morgan fingerprint density at radius 2 is 2.14 bits per heavy atom. The van der Waals surface area contributed by atoms with E-state index in [-0.39, 0.29) is 0 Å². The standard InChI is InChI=1S/C18H27N3/c1-13(2)10-20-11-15-5-6-18(16(8-15)9-19)21(4)12-17-7-14(17)3/h5-6,8,13-14,17,20H,7,10-12H2,1-4H3. The van der Waals surface area contributed by atoms with Gasteiger partial charge in [-0.25, -0.2) is 0 Å². The molecule has 1 aliphatic rings. The first-order chi connectivity index (χ1) is 10.0. The zero-order chi connectivity index (χ0) is 15.4. The van der Waals surface area contributed by atoms with Gasteiger partial charge in [0.05, 0.1) is 11.3 Å². The summed E-state index contributed by atoms with van der Waals surface area (Å²) in [6.45, 7) is 9.59. The van der Waals surface area contributed by atoms with E-state index in [1.54, 1.807) is 0 Å². The molecule has 1 aromatic rings. The van der Waals surface area contributed by atoms with Gasteiger partial charge in [0.1, 0.15) is 6.07 Å². The van der Waals surface area contributed by atoms with E-state index in [1.807, 2.05) is 6.07 Å². The Kier molecular flexibility index (Phi) is 5.25.